The van der Waals surface area contributed by atoms with Gasteiger partial charge in [0, 0.05) is 17.9 Å². The zero-order valence-electron chi connectivity index (χ0n) is 10.2. The van der Waals surface area contributed by atoms with Crippen molar-refractivity contribution in [2.45, 2.75) is 45.2 Å². The first-order valence-electron chi connectivity index (χ1n) is 5.42. The lowest BCUT2D eigenvalue weighted by Crippen LogP contribution is -2.41. The summed E-state index contributed by atoms with van der Waals surface area (Å²) in [5.41, 5.74) is 5.77. The van der Waals surface area contributed by atoms with Crippen molar-refractivity contribution >= 4 is 13.3 Å². The molecule has 1 unspecified atom stereocenters. The zero-order valence-corrected chi connectivity index (χ0v) is 10.2. The fourth-order valence-electron chi connectivity index (χ4n) is 1.54. The second kappa shape index (κ2) is 3.58. The summed E-state index contributed by atoms with van der Waals surface area (Å²) in [6.45, 7) is 8.08. The molecule has 88 valence electrons. The van der Waals surface area contributed by atoms with Gasteiger partial charge in [0.05, 0.1) is 11.2 Å². The van der Waals surface area contributed by atoms with Crippen molar-refractivity contribution in [2.24, 2.45) is 10.7 Å². The Morgan fingerprint density at radius 3 is 2.31 bits per heavy atom. The molecule has 0 aromatic carbocycles. The molecule has 2 rings (SSSR count). The molecule has 0 amide bonds. The topological polar surface area (TPSA) is 68.9 Å². The lowest BCUT2D eigenvalue weighted by atomic mass is 9.79. The SMILES string of the molecule is CC1(C)OB(C2=CNC(N)N=C2)OC1(C)C. The molecule has 2 aliphatic rings. The minimum atomic E-state index is -0.381. The molecule has 3 N–H and O–H groups in total. The minimum absolute atomic E-state index is 0.327. The number of nitrogens with two attached hydrogens (primary N) is 1. The molecular formula is C10H18BN3O2. The van der Waals surface area contributed by atoms with E-state index in [4.69, 9.17) is 15.0 Å². The van der Waals surface area contributed by atoms with Gasteiger partial charge in [0.2, 0.25) is 0 Å². The van der Waals surface area contributed by atoms with E-state index in [1.165, 1.54) is 0 Å². The maximum atomic E-state index is 5.88. The Morgan fingerprint density at radius 1 is 1.31 bits per heavy atom. The molecular weight excluding hydrogens is 205 g/mol. The molecule has 16 heavy (non-hydrogen) atoms. The van der Waals surface area contributed by atoms with Gasteiger partial charge in [-0.05, 0) is 27.7 Å². The van der Waals surface area contributed by atoms with Crippen LogP contribution in [0.15, 0.2) is 16.7 Å². The first-order chi connectivity index (χ1) is 7.32. The molecule has 1 fully saturated rings. The van der Waals surface area contributed by atoms with Gasteiger partial charge >= 0.3 is 7.12 Å². The van der Waals surface area contributed by atoms with Gasteiger partial charge in [-0.1, -0.05) is 0 Å². The second-order valence-electron chi connectivity index (χ2n) is 5.12. The monoisotopic (exact) mass is 223 g/mol. The number of hydrogen-bond acceptors (Lipinski definition) is 5. The molecule has 0 spiro atoms. The summed E-state index contributed by atoms with van der Waals surface area (Å²) in [5.74, 6) is 0. The number of nitrogens with one attached hydrogen (secondary N) is 1. The largest absolute Gasteiger partial charge is 0.497 e. The Kier molecular flexibility index (Phi) is 2.60. The summed E-state index contributed by atoms with van der Waals surface area (Å²) in [6, 6.07) is 0. The molecule has 0 radical (unpaired) electrons. The highest BCUT2D eigenvalue weighted by Gasteiger charge is 2.52. The first kappa shape index (κ1) is 11.6. The molecule has 0 aliphatic carbocycles. The summed E-state index contributed by atoms with van der Waals surface area (Å²) in [6.07, 6.45) is 3.12. The van der Waals surface area contributed by atoms with Crippen molar-refractivity contribution < 1.29 is 9.31 Å². The Balaban J connectivity index is 2.13. The van der Waals surface area contributed by atoms with Gasteiger partial charge < -0.3 is 14.6 Å². The summed E-state index contributed by atoms with van der Waals surface area (Å²) in [5, 5.41) is 2.92. The number of nitrogens with zero attached hydrogens (tertiary/aromatic N) is 1. The van der Waals surface area contributed by atoms with Crippen LogP contribution in [0.2, 0.25) is 0 Å². The number of aliphatic imine (C=N–C) groups is 1. The van der Waals surface area contributed by atoms with Crippen LogP contribution in [-0.4, -0.2) is 30.8 Å². The normalized spacial score (nSPS) is 31.2. The van der Waals surface area contributed by atoms with Gasteiger partial charge in [-0.2, -0.15) is 0 Å². The molecule has 1 atom stereocenters. The van der Waals surface area contributed by atoms with E-state index >= 15 is 0 Å². The molecule has 0 aromatic rings. The Bertz CT molecular complexity index is 336. The van der Waals surface area contributed by atoms with Gasteiger partial charge in [0.15, 0.2) is 6.29 Å². The van der Waals surface area contributed by atoms with Crippen LogP contribution in [0.3, 0.4) is 0 Å². The van der Waals surface area contributed by atoms with Crippen LogP contribution in [0.4, 0.5) is 0 Å². The first-order valence-corrected chi connectivity index (χ1v) is 5.42. The van der Waals surface area contributed by atoms with E-state index in [2.05, 4.69) is 10.3 Å². The molecule has 2 aliphatic heterocycles. The van der Waals surface area contributed by atoms with E-state index in [0.717, 1.165) is 5.47 Å². The molecule has 0 aromatic heterocycles. The van der Waals surface area contributed by atoms with E-state index in [0.29, 0.717) is 0 Å². The second-order valence-corrected chi connectivity index (χ2v) is 5.12. The molecule has 1 saturated heterocycles. The predicted molar refractivity (Wildman–Crippen MR) is 63.8 cm³/mol. The number of allylic oxidation sites excluding steroid dienone is 1. The van der Waals surface area contributed by atoms with Crippen molar-refractivity contribution in [3.63, 3.8) is 0 Å². The van der Waals surface area contributed by atoms with Crippen molar-refractivity contribution in [1.29, 1.82) is 0 Å². The Labute approximate surface area is 96.2 Å². The van der Waals surface area contributed by atoms with Crippen LogP contribution in [-0.2, 0) is 9.31 Å². The minimum Gasteiger partial charge on any atom is -0.399 e. The molecule has 0 bridgehead atoms. The standard InChI is InChI=1S/C10H18BN3O2/c1-9(2)10(3,4)16-11(15-9)7-5-13-8(12)14-6-7/h5-6,8,13H,12H2,1-4H3. The highest BCUT2D eigenvalue weighted by molar-refractivity contribution is 6.60. The van der Waals surface area contributed by atoms with Gasteiger partial charge in [-0.25, -0.2) is 0 Å². The number of rotatable bonds is 1. The Hall–Kier alpha value is -0.845. The molecule has 5 nitrogen and oxygen atoms in total. The van der Waals surface area contributed by atoms with Crippen LogP contribution >= 0.6 is 0 Å². The molecule has 0 saturated carbocycles. The highest BCUT2D eigenvalue weighted by Crippen LogP contribution is 2.38. The fourth-order valence-corrected chi connectivity index (χ4v) is 1.54. The summed E-state index contributed by atoms with van der Waals surface area (Å²) in [7, 11) is -0.381. The Morgan fingerprint density at radius 2 is 1.88 bits per heavy atom. The lowest BCUT2D eigenvalue weighted by Gasteiger charge is -2.32. The van der Waals surface area contributed by atoms with Crippen molar-refractivity contribution in [1.82, 2.24) is 5.32 Å². The van der Waals surface area contributed by atoms with Crippen molar-refractivity contribution in [3.8, 4) is 0 Å². The highest BCUT2D eigenvalue weighted by atomic mass is 16.7. The summed E-state index contributed by atoms with van der Waals surface area (Å²) >= 11 is 0. The van der Waals surface area contributed by atoms with Gasteiger partial charge in [0.25, 0.3) is 0 Å². The van der Waals surface area contributed by atoms with Crippen LogP contribution < -0.4 is 11.1 Å². The van der Waals surface area contributed by atoms with E-state index in [9.17, 15) is 0 Å². The molecule has 2 heterocycles. The maximum absolute atomic E-state index is 5.88. The van der Waals surface area contributed by atoms with E-state index < -0.39 is 0 Å². The fraction of sp³-hybridized carbons (Fsp3) is 0.700. The van der Waals surface area contributed by atoms with Gasteiger partial charge in [-0.3, -0.25) is 10.7 Å². The molecule has 6 heteroatoms. The summed E-state index contributed by atoms with van der Waals surface area (Å²) < 4.78 is 11.8. The van der Waals surface area contributed by atoms with Crippen molar-refractivity contribution in [2.75, 3.05) is 0 Å². The lowest BCUT2D eigenvalue weighted by molar-refractivity contribution is 0.00578. The maximum Gasteiger partial charge on any atom is 0.497 e. The quantitative estimate of drug-likeness (QED) is 0.632. The van der Waals surface area contributed by atoms with Gasteiger partial charge in [-0.15, -0.1) is 0 Å². The average molecular weight is 223 g/mol. The van der Waals surface area contributed by atoms with E-state index in [1.807, 2.05) is 27.7 Å². The predicted octanol–water partition coefficient (Wildman–Crippen LogP) is 0.418. The summed E-state index contributed by atoms with van der Waals surface area (Å²) in [4.78, 5) is 4.06. The van der Waals surface area contributed by atoms with Crippen LogP contribution in [0.25, 0.3) is 0 Å². The number of hydrogen-bond donors (Lipinski definition) is 2. The van der Waals surface area contributed by atoms with Crippen LogP contribution in [0, 0.1) is 0 Å². The third-order valence-corrected chi connectivity index (χ3v) is 3.33. The smallest absolute Gasteiger partial charge is 0.399 e. The van der Waals surface area contributed by atoms with Gasteiger partial charge in [0.1, 0.15) is 0 Å². The van der Waals surface area contributed by atoms with E-state index in [1.54, 1.807) is 12.4 Å². The third kappa shape index (κ3) is 1.88. The zero-order chi connectivity index (χ0) is 12.0. The van der Waals surface area contributed by atoms with Crippen LogP contribution in [0.1, 0.15) is 27.7 Å². The third-order valence-electron chi connectivity index (χ3n) is 3.33. The van der Waals surface area contributed by atoms with E-state index in [-0.39, 0.29) is 24.6 Å². The van der Waals surface area contributed by atoms with Crippen molar-refractivity contribution in [3.05, 3.63) is 11.7 Å². The average Bonchev–Trinajstić information content (AvgIpc) is 2.37. The van der Waals surface area contributed by atoms with Crippen LogP contribution in [0.5, 0.6) is 0 Å².